The van der Waals surface area contributed by atoms with E-state index >= 15 is 0 Å². The summed E-state index contributed by atoms with van der Waals surface area (Å²) in [5, 5.41) is 19.8. The highest BCUT2D eigenvalue weighted by Crippen LogP contribution is 2.10. The molecule has 94 valence electrons. The number of nitrogens with one attached hydrogen (secondary N) is 1. The van der Waals surface area contributed by atoms with Gasteiger partial charge in [-0.2, -0.15) is 5.26 Å². The third-order valence-corrected chi connectivity index (χ3v) is 2.43. The highest BCUT2D eigenvalue weighted by molar-refractivity contribution is 5.85. The van der Waals surface area contributed by atoms with Crippen LogP contribution >= 0.6 is 24.8 Å². The SMILES string of the molecule is Cl.Cl.N#Cc1ccc(N2CCCNCC2)nn1. The summed E-state index contributed by atoms with van der Waals surface area (Å²) in [7, 11) is 0. The Balaban J connectivity index is 0.00000128. The van der Waals surface area contributed by atoms with Gasteiger partial charge in [-0.3, -0.25) is 0 Å². The normalized spacial score (nSPS) is 14.9. The minimum Gasteiger partial charge on any atom is -0.354 e. The van der Waals surface area contributed by atoms with Crippen molar-refractivity contribution in [2.75, 3.05) is 31.1 Å². The fourth-order valence-corrected chi connectivity index (χ4v) is 1.63. The van der Waals surface area contributed by atoms with Gasteiger partial charge in [0, 0.05) is 19.6 Å². The molecule has 0 unspecified atom stereocenters. The maximum atomic E-state index is 8.61. The van der Waals surface area contributed by atoms with Crippen LogP contribution in [0.3, 0.4) is 0 Å². The van der Waals surface area contributed by atoms with Crippen LogP contribution in [-0.4, -0.2) is 36.4 Å². The lowest BCUT2D eigenvalue weighted by atomic mass is 10.3. The quantitative estimate of drug-likeness (QED) is 0.828. The van der Waals surface area contributed by atoms with Crippen molar-refractivity contribution >= 4 is 30.6 Å². The van der Waals surface area contributed by atoms with Gasteiger partial charge < -0.3 is 10.2 Å². The molecule has 1 aromatic rings. The van der Waals surface area contributed by atoms with Gasteiger partial charge in [0.2, 0.25) is 0 Å². The summed E-state index contributed by atoms with van der Waals surface area (Å²) in [5.74, 6) is 0.859. The first-order valence-corrected chi connectivity index (χ1v) is 5.09. The molecule has 1 aromatic heterocycles. The van der Waals surface area contributed by atoms with E-state index in [4.69, 9.17) is 5.26 Å². The maximum absolute atomic E-state index is 8.61. The number of rotatable bonds is 1. The number of halogens is 2. The number of nitrogens with zero attached hydrogens (tertiary/aromatic N) is 4. The van der Waals surface area contributed by atoms with Crippen LogP contribution in [0.5, 0.6) is 0 Å². The standard InChI is InChI=1S/C10H13N5.2ClH/c11-8-9-2-3-10(14-13-9)15-6-1-4-12-5-7-15;;/h2-3,12H,1,4-7H2;2*1H. The van der Waals surface area contributed by atoms with E-state index in [-0.39, 0.29) is 24.8 Å². The average Bonchev–Trinajstić information content (AvgIpc) is 2.58. The van der Waals surface area contributed by atoms with Crippen LogP contribution in [0, 0.1) is 11.3 Å². The van der Waals surface area contributed by atoms with Gasteiger partial charge in [0.15, 0.2) is 11.5 Å². The zero-order chi connectivity index (χ0) is 10.5. The number of hydrogen-bond donors (Lipinski definition) is 1. The second-order valence-corrected chi connectivity index (χ2v) is 3.48. The molecule has 0 radical (unpaired) electrons. The first-order valence-electron chi connectivity index (χ1n) is 5.09. The maximum Gasteiger partial charge on any atom is 0.163 e. The third kappa shape index (κ3) is 4.35. The van der Waals surface area contributed by atoms with Gasteiger partial charge in [-0.1, -0.05) is 0 Å². The van der Waals surface area contributed by atoms with Crippen molar-refractivity contribution < 1.29 is 0 Å². The molecule has 0 bridgehead atoms. The van der Waals surface area contributed by atoms with Crippen LogP contribution in [0.25, 0.3) is 0 Å². The lowest BCUT2D eigenvalue weighted by Crippen LogP contribution is -2.28. The number of aromatic nitrogens is 2. The molecule has 0 aromatic carbocycles. The van der Waals surface area contributed by atoms with E-state index in [0.717, 1.165) is 38.4 Å². The lowest BCUT2D eigenvalue weighted by molar-refractivity contribution is 0.724. The van der Waals surface area contributed by atoms with Crippen molar-refractivity contribution in [1.29, 1.82) is 5.26 Å². The van der Waals surface area contributed by atoms with Crippen molar-refractivity contribution in [3.8, 4) is 6.07 Å². The zero-order valence-corrected chi connectivity index (χ0v) is 10.9. The minimum absolute atomic E-state index is 0. The van der Waals surface area contributed by atoms with Gasteiger partial charge in [0.1, 0.15) is 6.07 Å². The van der Waals surface area contributed by atoms with Crippen LogP contribution in [-0.2, 0) is 0 Å². The predicted octanol–water partition coefficient (Wildman–Crippen LogP) is 0.992. The molecule has 17 heavy (non-hydrogen) atoms. The van der Waals surface area contributed by atoms with Gasteiger partial charge in [-0.15, -0.1) is 35.0 Å². The Kier molecular flexibility index (Phi) is 7.55. The topological polar surface area (TPSA) is 64.8 Å². The molecule has 1 fully saturated rings. The Morgan fingerprint density at radius 1 is 1.18 bits per heavy atom. The molecule has 0 atom stereocenters. The summed E-state index contributed by atoms with van der Waals surface area (Å²) < 4.78 is 0. The van der Waals surface area contributed by atoms with E-state index in [1.807, 2.05) is 12.1 Å². The van der Waals surface area contributed by atoms with Gasteiger partial charge >= 0.3 is 0 Å². The first kappa shape index (κ1) is 15.9. The molecule has 1 N–H and O–H groups in total. The van der Waals surface area contributed by atoms with Crippen LogP contribution in [0.4, 0.5) is 5.82 Å². The molecule has 7 heteroatoms. The minimum atomic E-state index is 0. The number of anilines is 1. The third-order valence-electron chi connectivity index (χ3n) is 2.43. The van der Waals surface area contributed by atoms with Crippen molar-refractivity contribution in [1.82, 2.24) is 15.5 Å². The number of nitriles is 1. The molecule has 0 aliphatic carbocycles. The molecule has 2 rings (SSSR count). The van der Waals surface area contributed by atoms with Crippen LogP contribution in [0.15, 0.2) is 12.1 Å². The van der Waals surface area contributed by atoms with Crippen molar-refractivity contribution in [2.45, 2.75) is 6.42 Å². The van der Waals surface area contributed by atoms with Crippen molar-refractivity contribution in [3.05, 3.63) is 17.8 Å². The van der Waals surface area contributed by atoms with E-state index in [9.17, 15) is 0 Å². The zero-order valence-electron chi connectivity index (χ0n) is 9.30. The molecule has 1 saturated heterocycles. The van der Waals surface area contributed by atoms with Gasteiger partial charge in [-0.25, -0.2) is 0 Å². The van der Waals surface area contributed by atoms with E-state index in [2.05, 4.69) is 20.4 Å². The summed E-state index contributed by atoms with van der Waals surface area (Å²) in [6.45, 7) is 3.97. The molecule has 1 aliphatic rings. The van der Waals surface area contributed by atoms with Crippen LogP contribution in [0.2, 0.25) is 0 Å². The highest BCUT2D eigenvalue weighted by atomic mass is 35.5. The van der Waals surface area contributed by atoms with Crippen LogP contribution in [0.1, 0.15) is 12.1 Å². The molecular weight excluding hydrogens is 261 g/mol. The molecule has 1 aliphatic heterocycles. The monoisotopic (exact) mass is 275 g/mol. The average molecular weight is 276 g/mol. The summed E-state index contributed by atoms with van der Waals surface area (Å²) >= 11 is 0. The molecule has 2 heterocycles. The Morgan fingerprint density at radius 2 is 2.00 bits per heavy atom. The second kappa shape index (κ2) is 8.07. The second-order valence-electron chi connectivity index (χ2n) is 3.48. The summed E-state index contributed by atoms with van der Waals surface area (Å²) in [5.41, 5.74) is 0.367. The lowest BCUT2D eigenvalue weighted by Gasteiger charge is -2.19. The van der Waals surface area contributed by atoms with Crippen molar-refractivity contribution in [2.24, 2.45) is 0 Å². The Hall–Kier alpha value is -1.09. The summed E-state index contributed by atoms with van der Waals surface area (Å²) in [6.07, 6.45) is 1.11. The largest absolute Gasteiger partial charge is 0.354 e. The van der Waals surface area contributed by atoms with Gasteiger partial charge in [0.25, 0.3) is 0 Å². The first-order chi connectivity index (χ1) is 7.40. The highest BCUT2D eigenvalue weighted by Gasteiger charge is 2.10. The van der Waals surface area contributed by atoms with E-state index in [1.165, 1.54) is 0 Å². The fraction of sp³-hybridized carbons (Fsp3) is 0.500. The Labute approximate surface area is 113 Å². The molecule has 0 spiro atoms. The smallest absolute Gasteiger partial charge is 0.163 e. The Bertz CT molecular complexity index is 354. The van der Waals surface area contributed by atoms with Crippen LogP contribution < -0.4 is 10.2 Å². The van der Waals surface area contributed by atoms with E-state index in [0.29, 0.717) is 5.69 Å². The summed E-state index contributed by atoms with van der Waals surface area (Å²) in [4.78, 5) is 2.19. The summed E-state index contributed by atoms with van der Waals surface area (Å²) in [6, 6.07) is 5.53. The fourth-order valence-electron chi connectivity index (χ4n) is 1.63. The van der Waals surface area contributed by atoms with Crippen molar-refractivity contribution in [3.63, 3.8) is 0 Å². The van der Waals surface area contributed by atoms with Gasteiger partial charge in [-0.05, 0) is 25.1 Å². The predicted molar refractivity (Wildman–Crippen MR) is 70.9 cm³/mol. The van der Waals surface area contributed by atoms with Gasteiger partial charge in [0.05, 0.1) is 0 Å². The van der Waals surface area contributed by atoms with E-state index < -0.39 is 0 Å². The molecule has 0 saturated carbocycles. The number of hydrogen-bond acceptors (Lipinski definition) is 5. The molecular formula is C10H15Cl2N5. The Morgan fingerprint density at radius 3 is 2.65 bits per heavy atom. The molecule has 0 amide bonds. The van der Waals surface area contributed by atoms with E-state index in [1.54, 1.807) is 6.07 Å². The molecule has 5 nitrogen and oxygen atoms in total.